The number of benzene rings is 7. The number of aromatic nitrogens is 3. The summed E-state index contributed by atoms with van der Waals surface area (Å²) in [6, 6.07) is 51.6. The standard InChI is InChI=1S/C43H25N3O2/c1-3-12-26(13-4-1)33-24-28-16-7-8-17-30(28)40-39(33)34-25-29(22-23-36(34)48-40)42-44-41(27-14-5-2-6-15-27)45-43(46-42)32-19-11-21-37-38(32)31-18-9-10-20-35(31)47-37/h1-25H. The summed E-state index contributed by atoms with van der Waals surface area (Å²) in [4.78, 5) is 15.2. The SMILES string of the molecule is c1ccc(-c2nc(-c3ccc4oc5c6ccccc6cc(-c6ccccc6)c5c4c3)nc(-c3cccc4oc5ccccc5c34)n2)cc1. The number of rotatable bonds is 4. The van der Waals surface area contributed by atoms with E-state index in [0.29, 0.717) is 17.5 Å². The Bertz CT molecular complexity index is 2840. The average molecular weight is 616 g/mol. The molecule has 0 aliphatic heterocycles. The quantitative estimate of drug-likeness (QED) is 0.197. The van der Waals surface area contributed by atoms with Gasteiger partial charge in [-0.3, -0.25) is 0 Å². The van der Waals surface area contributed by atoms with Gasteiger partial charge in [0.05, 0.1) is 0 Å². The summed E-state index contributed by atoms with van der Waals surface area (Å²) in [7, 11) is 0. The zero-order valence-electron chi connectivity index (χ0n) is 25.6. The van der Waals surface area contributed by atoms with E-state index >= 15 is 0 Å². The lowest BCUT2D eigenvalue weighted by molar-refractivity contribution is 0.669. The topological polar surface area (TPSA) is 65.0 Å². The van der Waals surface area contributed by atoms with Gasteiger partial charge in [-0.15, -0.1) is 0 Å². The molecule has 3 heterocycles. The third-order valence-corrected chi connectivity index (χ3v) is 9.12. The molecule has 224 valence electrons. The van der Waals surface area contributed by atoms with E-state index in [1.54, 1.807) is 0 Å². The van der Waals surface area contributed by atoms with Gasteiger partial charge in [0, 0.05) is 43.6 Å². The number of para-hydroxylation sites is 1. The van der Waals surface area contributed by atoms with Crippen LogP contribution in [-0.2, 0) is 0 Å². The first-order valence-corrected chi connectivity index (χ1v) is 15.9. The number of nitrogens with zero attached hydrogens (tertiary/aromatic N) is 3. The molecule has 0 radical (unpaired) electrons. The lowest BCUT2D eigenvalue weighted by Crippen LogP contribution is -2.00. The van der Waals surface area contributed by atoms with Crippen molar-refractivity contribution in [2.45, 2.75) is 0 Å². The van der Waals surface area contributed by atoms with E-state index in [9.17, 15) is 0 Å². The van der Waals surface area contributed by atoms with Crippen LogP contribution in [0.4, 0.5) is 0 Å². The summed E-state index contributed by atoms with van der Waals surface area (Å²) in [6.45, 7) is 0. The zero-order valence-corrected chi connectivity index (χ0v) is 25.6. The molecule has 0 aliphatic rings. The van der Waals surface area contributed by atoms with Crippen molar-refractivity contribution < 1.29 is 8.83 Å². The van der Waals surface area contributed by atoms with E-state index in [0.717, 1.165) is 82.5 Å². The fourth-order valence-electron chi connectivity index (χ4n) is 6.90. The van der Waals surface area contributed by atoms with Gasteiger partial charge in [-0.2, -0.15) is 0 Å². The van der Waals surface area contributed by atoms with Crippen molar-refractivity contribution in [3.05, 3.63) is 152 Å². The van der Waals surface area contributed by atoms with Crippen molar-refractivity contribution in [1.29, 1.82) is 0 Å². The third kappa shape index (κ3) is 4.15. The first-order valence-electron chi connectivity index (χ1n) is 15.9. The summed E-state index contributed by atoms with van der Waals surface area (Å²) in [5, 5.41) is 6.32. The highest BCUT2D eigenvalue weighted by molar-refractivity contribution is 6.21. The normalized spacial score (nSPS) is 11.8. The number of furan rings is 2. The van der Waals surface area contributed by atoms with Crippen LogP contribution in [0.15, 0.2) is 160 Å². The molecule has 10 rings (SSSR count). The van der Waals surface area contributed by atoms with Gasteiger partial charge < -0.3 is 8.83 Å². The van der Waals surface area contributed by atoms with Crippen LogP contribution in [0.1, 0.15) is 0 Å². The maximum atomic E-state index is 6.62. The summed E-state index contributed by atoms with van der Waals surface area (Å²) >= 11 is 0. The van der Waals surface area contributed by atoms with Crippen LogP contribution in [0, 0.1) is 0 Å². The van der Waals surface area contributed by atoms with Crippen molar-refractivity contribution in [1.82, 2.24) is 15.0 Å². The molecule has 0 unspecified atom stereocenters. The maximum Gasteiger partial charge on any atom is 0.164 e. The zero-order chi connectivity index (χ0) is 31.6. The highest BCUT2D eigenvalue weighted by Crippen LogP contribution is 2.42. The van der Waals surface area contributed by atoms with Gasteiger partial charge in [-0.25, -0.2) is 15.0 Å². The molecule has 10 aromatic rings. The molecule has 0 aliphatic carbocycles. The Balaban J connectivity index is 1.25. The van der Waals surface area contributed by atoms with Crippen molar-refractivity contribution in [3.8, 4) is 45.3 Å². The lowest BCUT2D eigenvalue weighted by atomic mass is 9.95. The van der Waals surface area contributed by atoms with Gasteiger partial charge in [-0.05, 0) is 52.9 Å². The van der Waals surface area contributed by atoms with Gasteiger partial charge in [0.1, 0.15) is 22.3 Å². The Kier molecular flexibility index (Phi) is 5.81. The second-order valence-corrected chi connectivity index (χ2v) is 12.0. The largest absolute Gasteiger partial charge is 0.456 e. The molecule has 0 amide bonds. The highest BCUT2D eigenvalue weighted by atomic mass is 16.3. The van der Waals surface area contributed by atoms with Crippen molar-refractivity contribution in [3.63, 3.8) is 0 Å². The average Bonchev–Trinajstić information content (AvgIpc) is 3.74. The van der Waals surface area contributed by atoms with E-state index in [2.05, 4.69) is 72.8 Å². The third-order valence-electron chi connectivity index (χ3n) is 9.12. The Morgan fingerprint density at radius 1 is 0.354 bits per heavy atom. The predicted molar refractivity (Wildman–Crippen MR) is 194 cm³/mol. The van der Waals surface area contributed by atoms with Crippen LogP contribution in [0.3, 0.4) is 0 Å². The first kappa shape index (κ1) is 26.6. The molecular formula is C43H25N3O2. The van der Waals surface area contributed by atoms with Gasteiger partial charge in [0.25, 0.3) is 0 Å². The van der Waals surface area contributed by atoms with Gasteiger partial charge >= 0.3 is 0 Å². The van der Waals surface area contributed by atoms with Gasteiger partial charge in [0.2, 0.25) is 0 Å². The van der Waals surface area contributed by atoms with E-state index in [1.807, 2.05) is 78.9 Å². The van der Waals surface area contributed by atoms with Crippen LogP contribution < -0.4 is 0 Å². The summed E-state index contributed by atoms with van der Waals surface area (Å²) < 4.78 is 12.8. The van der Waals surface area contributed by atoms with Crippen LogP contribution in [0.25, 0.3) is 99.9 Å². The molecule has 0 N–H and O–H groups in total. The Morgan fingerprint density at radius 2 is 1.00 bits per heavy atom. The van der Waals surface area contributed by atoms with E-state index < -0.39 is 0 Å². The summed E-state index contributed by atoms with van der Waals surface area (Å²) in [5.74, 6) is 1.78. The maximum absolute atomic E-state index is 6.62. The summed E-state index contributed by atoms with van der Waals surface area (Å²) in [6.07, 6.45) is 0. The van der Waals surface area contributed by atoms with Gasteiger partial charge in [-0.1, -0.05) is 115 Å². The number of fused-ring (bicyclic) bond motifs is 8. The monoisotopic (exact) mass is 615 g/mol. The lowest BCUT2D eigenvalue weighted by Gasteiger charge is -2.10. The molecule has 0 spiro atoms. The van der Waals surface area contributed by atoms with E-state index in [4.69, 9.17) is 23.8 Å². The van der Waals surface area contributed by atoms with Crippen molar-refractivity contribution >= 4 is 54.6 Å². The Morgan fingerprint density at radius 3 is 1.83 bits per heavy atom. The van der Waals surface area contributed by atoms with E-state index in [-0.39, 0.29) is 0 Å². The predicted octanol–water partition coefficient (Wildman–Crippen LogP) is 11.5. The fraction of sp³-hybridized carbons (Fsp3) is 0. The van der Waals surface area contributed by atoms with Crippen molar-refractivity contribution in [2.75, 3.05) is 0 Å². The molecule has 0 saturated heterocycles. The smallest absolute Gasteiger partial charge is 0.164 e. The molecule has 0 fully saturated rings. The second kappa shape index (κ2) is 10.5. The van der Waals surface area contributed by atoms with Crippen LogP contribution in [0.2, 0.25) is 0 Å². The molecule has 48 heavy (non-hydrogen) atoms. The van der Waals surface area contributed by atoms with Crippen LogP contribution in [0.5, 0.6) is 0 Å². The molecule has 5 heteroatoms. The highest BCUT2D eigenvalue weighted by Gasteiger charge is 2.20. The number of hydrogen-bond acceptors (Lipinski definition) is 5. The molecule has 0 bridgehead atoms. The molecule has 0 atom stereocenters. The van der Waals surface area contributed by atoms with E-state index in [1.165, 1.54) is 0 Å². The fourth-order valence-corrected chi connectivity index (χ4v) is 6.90. The molecule has 0 saturated carbocycles. The van der Waals surface area contributed by atoms with Crippen LogP contribution in [-0.4, -0.2) is 15.0 Å². The molecule has 5 nitrogen and oxygen atoms in total. The number of hydrogen-bond donors (Lipinski definition) is 0. The summed E-state index contributed by atoms with van der Waals surface area (Å²) in [5.41, 5.74) is 8.26. The minimum atomic E-state index is 0.585. The minimum absolute atomic E-state index is 0.585. The second-order valence-electron chi connectivity index (χ2n) is 12.0. The Labute approximate surface area is 274 Å². The molecule has 7 aromatic carbocycles. The molecular weight excluding hydrogens is 590 g/mol. The van der Waals surface area contributed by atoms with Gasteiger partial charge in [0.15, 0.2) is 17.5 Å². The minimum Gasteiger partial charge on any atom is -0.456 e. The van der Waals surface area contributed by atoms with Crippen LogP contribution >= 0.6 is 0 Å². The Hall–Kier alpha value is -6.59. The first-order chi connectivity index (χ1) is 23.8. The van der Waals surface area contributed by atoms with Crippen molar-refractivity contribution in [2.24, 2.45) is 0 Å². The molecule has 3 aromatic heterocycles.